The third-order valence-corrected chi connectivity index (χ3v) is 3.93. The number of aromatic nitrogens is 1. The van der Waals surface area contributed by atoms with Crippen LogP contribution >= 0.6 is 0 Å². The maximum atomic E-state index is 11.4. The third-order valence-electron chi connectivity index (χ3n) is 3.93. The molecule has 0 spiro atoms. The van der Waals surface area contributed by atoms with Crippen LogP contribution in [0.1, 0.15) is 43.1 Å². The molecule has 1 fully saturated rings. The van der Waals surface area contributed by atoms with Crippen molar-refractivity contribution in [3.05, 3.63) is 33.7 Å². The number of aryl methyl sites for hydroxylation is 2. The Hall–Kier alpha value is -1.09. The summed E-state index contributed by atoms with van der Waals surface area (Å²) in [6.45, 7) is 4.08. The molecule has 1 aliphatic rings. The molecule has 3 nitrogen and oxygen atoms in total. The number of nitrogens with one attached hydrogen (secondary N) is 1. The lowest BCUT2D eigenvalue weighted by molar-refractivity contribution is 0.294. The molecule has 1 heterocycles. The molecule has 1 aliphatic carbocycles. The smallest absolute Gasteiger partial charge is 0.182 e. The minimum atomic E-state index is 0.125. The van der Waals surface area contributed by atoms with Crippen molar-refractivity contribution in [2.45, 2.75) is 51.6 Å². The minimum Gasteiger partial charge on any atom is -0.346 e. The maximum absolute atomic E-state index is 11.4. The van der Waals surface area contributed by atoms with Crippen molar-refractivity contribution in [2.24, 2.45) is 0 Å². The first-order chi connectivity index (χ1) is 8.11. The predicted molar refractivity (Wildman–Crippen MR) is 70.5 cm³/mol. The second kappa shape index (κ2) is 5.05. The Morgan fingerprint density at radius 1 is 1.12 bits per heavy atom. The van der Waals surface area contributed by atoms with E-state index >= 15 is 0 Å². The van der Waals surface area contributed by atoms with Crippen molar-refractivity contribution in [1.29, 1.82) is 0 Å². The standard InChI is InChI=1S/C14H22N2O/c1-10-8-14(17)9-11(2)16(10)13-6-4-12(15-3)5-7-13/h8-9,12-13,15H,4-7H2,1-3H3. The van der Waals surface area contributed by atoms with Crippen molar-refractivity contribution in [2.75, 3.05) is 7.05 Å². The van der Waals surface area contributed by atoms with Crippen LogP contribution in [-0.4, -0.2) is 17.7 Å². The lowest BCUT2D eigenvalue weighted by atomic mass is 9.90. The summed E-state index contributed by atoms with van der Waals surface area (Å²) in [6, 6.07) is 4.74. The van der Waals surface area contributed by atoms with E-state index < -0.39 is 0 Å². The first-order valence-electron chi connectivity index (χ1n) is 6.49. The van der Waals surface area contributed by atoms with Crippen LogP contribution in [-0.2, 0) is 0 Å². The summed E-state index contributed by atoms with van der Waals surface area (Å²) < 4.78 is 2.34. The molecule has 0 atom stereocenters. The highest BCUT2D eigenvalue weighted by Crippen LogP contribution is 2.29. The van der Waals surface area contributed by atoms with Crippen LogP contribution in [0.4, 0.5) is 0 Å². The average Bonchev–Trinajstić information content (AvgIpc) is 2.28. The molecule has 1 aromatic rings. The van der Waals surface area contributed by atoms with E-state index in [0.29, 0.717) is 12.1 Å². The number of rotatable bonds is 2. The maximum Gasteiger partial charge on any atom is 0.182 e. The number of pyridine rings is 1. The first-order valence-corrected chi connectivity index (χ1v) is 6.49. The van der Waals surface area contributed by atoms with Crippen molar-refractivity contribution in [1.82, 2.24) is 9.88 Å². The van der Waals surface area contributed by atoms with Gasteiger partial charge >= 0.3 is 0 Å². The zero-order chi connectivity index (χ0) is 12.4. The summed E-state index contributed by atoms with van der Waals surface area (Å²) in [7, 11) is 2.04. The number of hydrogen-bond acceptors (Lipinski definition) is 2. The van der Waals surface area contributed by atoms with Gasteiger partial charge in [0.25, 0.3) is 0 Å². The Kier molecular flexibility index (Phi) is 3.67. The van der Waals surface area contributed by atoms with Crippen molar-refractivity contribution < 1.29 is 0 Å². The quantitative estimate of drug-likeness (QED) is 0.851. The van der Waals surface area contributed by atoms with Gasteiger partial charge < -0.3 is 9.88 Å². The SMILES string of the molecule is CNC1CCC(n2c(C)cc(=O)cc2C)CC1. The van der Waals surface area contributed by atoms with Gasteiger partial charge in [0.15, 0.2) is 5.43 Å². The molecule has 1 N–H and O–H groups in total. The van der Waals surface area contributed by atoms with E-state index in [0.717, 1.165) is 11.4 Å². The number of nitrogens with zero attached hydrogens (tertiary/aromatic N) is 1. The molecule has 0 amide bonds. The van der Waals surface area contributed by atoms with E-state index in [1.165, 1.54) is 25.7 Å². The van der Waals surface area contributed by atoms with Crippen molar-refractivity contribution >= 4 is 0 Å². The monoisotopic (exact) mass is 234 g/mol. The van der Waals surface area contributed by atoms with Crippen LogP contribution in [0.2, 0.25) is 0 Å². The van der Waals surface area contributed by atoms with Crippen molar-refractivity contribution in [3.8, 4) is 0 Å². The Balaban J connectivity index is 2.21. The fourth-order valence-electron chi connectivity index (χ4n) is 3.07. The fraction of sp³-hybridized carbons (Fsp3) is 0.643. The normalized spacial score (nSPS) is 24.9. The van der Waals surface area contributed by atoms with Gasteiger partial charge in [0.05, 0.1) is 0 Å². The van der Waals surface area contributed by atoms with Crippen LogP contribution in [0.3, 0.4) is 0 Å². The van der Waals surface area contributed by atoms with Gasteiger partial charge in [-0.25, -0.2) is 0 Å². The van der Waals surface area contributed by atoms with E-state index in [9.17, 15) is 4.79 Å². The van der Waals surface area contributed by atoms with Gasteiger partial charge in [-0.05, 0) is 46.6 Å². The largest absolute Gasteiger partial charge is 0.346 e. The van der Waals surface area contributed by atoms with E-state index in [-0.39, 0.29) is 5.43 Å². The van der Waals surface area contributed by atoms with Gasteiger partial charge in [0, 0.05) is 35.6 Å². The molecule has 17 heavy (non-hydrogen) atoms. The summed E-state index contributed by atoms with van der Waals surface area (Å²) in [6.07, 6.45) is 4.87. The second-order valence-electron chi connectivity index (χ2n) is 5.14. The molecular formula is C14H22N2O. The predicted octanol–water partition coefficient (Wildman–Crippen LogP) is 2.17. The van der Waals surface area contributed by atoms with Crippen molar-refractivity contribution in [3.63, 3.8) is 0 Å². The third kappa shape index (κ3) is 2.60. The highest BCUT2D eigenvalue weighted by atomic mass is 16.1. The van der Waals surface area contributed by atoms with Crippen LogP contribution in [0.15, 0.2) is 16.9 Å². The Morgan fingerprint density at radius 3 is 2.12 bits per heavy atom. The van der Waals surface area contributed by atoms with Crippen LogP contribution < -0.4 is 10.7 Å². The topological polar surface area (TPSA) is 34.0 Å². The van der Waals surface area contributed by atoms with Crippen LogP contribution in [0.25, 0.3) is 0 Å². The molecule has 1 saturated carbocycles. The lowest BCUT2D eigenvalue weighted by Gasteiger charge is -2.32. The molecule has 0 saturated heterocycles. The van der Waals surface area contributed by atoms with Gasteiger partial charge in [-0.2, -0.15) is 0 Å². The molecule has 94 valence electrons. The van der Waals surface area contributed by atoms with Gasteiger partial charge in [-0.15, -0.1) is 0 Å². The number of hydrogen-bond donors (Lipinski definition) is 1. The van der Waals surface area contributed by atoms with Gasteiger partial charge in [-0.1, -0.05) is 0 Å². The minimum absolute atomic E-state index is 0.125. The second-order valence-corrected chi connectivity index (χ2v) is 5.14. The van der Waals surface area contributed by atoms with Crippen LogP contribution in [0, 0.1) is 13.8 Å². The summed E-state index contributed by atoms with van der Waals surface area (Å²) in [5, 5.41) is 3.35. The summed E-state index contributed by atoms with van der Waals surface area (Å²) in [5.41, 5.74) is 2.32. The van der Waals surface area contributed by atoms with E-state index in [4.69, 9.17) is 0 Å². The van der Waals surface area contributed by atoms with Crippen LogP contribution in [0.5, 0.6) is 0 Å². The average molecular weight is 234 g/mol. The van der Waals surface area contributed by atoms with Gasteiger partial charge in [-0.3, -0.25) is 4.79 Å². The molecule has 0 radical (unpaired) electrons. The van der Waals surface area contributed by atoms with E-state index in [2.05, 4.69) is 9.88 Å². The molecule has 0 bridgehead atoms. The molecule has 0 aromatic carbocycles. The molecular weight excluding hydrogens is 212 g/mol. The lowest BCUT2D eigenvalue weighted by Crippen LogP contribution is -2.32. The highest BCUT2D eigenvalue weighted by Gasteiger charge is 2.22. The Bertz CT molecular complexity index is 416. The van der Waals surface area contributed by atoms with E-state index in [1.54, 1.807) is 12.1 Å². The van der Waals surface area contributed by atoms with Gasteiger partial charge in [0.2, 0.25) is 0 Å². The Labute approximate surface area is 103 Å². The fourth-order valence-corrected chi connectivity index (χ4v) is 3.07. The Morgan fingerprint density at radius 2 is 1.65 bits per heavy atom. The molecule has 0 unspecified atom stereocenters. The van der Waals surface area contributed by atoms with Gasteiger partial charge in [0.1, 0.15) is 0 Å². The zero-order valence-corrected chi connectivity index (χ0v) is 11.0. The van der Waals surface area contributed by atoms with E-state index in [1.807, 2.05) is 20.9 Å². The molecule has 2 rings (SSSR count). The zero-order valence-electron chi connectivity index (χ0n) is 11.0. The molecule has 0 aliphatic heterocycles. The summed E-state index contributed by atoms with van der Waals surface area (Å²) in [4.78, 5) is 11.4. The molecule has 3 heteroatoms. The first kappa shape index (κ1) is 12.4. The summed E-state index contributed by atoms with van der Waals surface area (Å²) >= 11 is 0. The molecule has 1 aromatic heterocycles. The highest BCUT2D eigenvalue weighted by molar-refractivity contribution is 5.14. The summed E-state index contributed by atoms with van der Waals surface area (Å²) in [5.74, 6) is 0.